The van der Waals surface area contributed by atoms with Crippen LogP contribution in [0.5, 0.6) is 0 Å². The topological polar surface area (TPSA) is 70.9 Å². The van der Waals surface area contributed by atoms with Gasteiger partial charge in [0, 0.05) is 62.1 Å². The first-order valence-corrected chi connectivity index (χ1v) is 9.99. The molecule has 4 heterocycles. The van der Waals surface area contributed by atoms with E-state index in [4.69, 9.17) is 0 Å². The third kappa shape index (κ3) is 5.87. The molecule has 0 atom stereocenters. The van der Waals surface area contributed by atoms with Gasteiger partial charge in [-0.15, -0.1) is 47.4 Å². The number of piperazine rings is 1. The standard InChI is InChI=1S/C23H21N7.3ClH/c1-2-5-19(6-3-1)21-17-20(18-7-11-24-12-8-18)22(28-27-21)29-13-15-30(16-14-29)23-25-9-4-10-26-23;;;/h1-12,17H,13-16H2;3*1H. The van der Waals surface area contributed by atoms with Gasteiger partial charge in [0.2, 0.25) is 5.95 Å². The summed E-state index contributed by atoms with van der Waals surface area (Å²) < 4.78 is 0. The molecule has 5 rings (SSSR count). The molecule has 7 nitrogen and oxygen atoms in total. The zero-order chi connectivity index (χ0) is 20.2. The maximum atomic E-state index is 4.66. The predicted octanol–water partition coefficient (Wildman–Crippen LogP) is 4.59. The summed E-state index contributed by atoms with van der Waals surface area (Å²) >= 11 is 0. The predicted molar refractivity (Wildman–Crippen MR) is 139 cm³/mol. The van der Waals surface area contributed by atoms with Crippen LogP contribution in [0.25, 0.3) is 22.4 Å². The molecule has 1 aromatic carbocycles. The average Bonchev–Trinajstić information content (AvgIpc) is 2.85. The molecule has 4 aromatic rings. The molecule has 0 saturated carbocycles. The largest absolute Gasteiger partial charge is 0.351 e. The summed E-state index contributed by atoms with van der Waals surface area (Å²) in [6, 6.07) is 18.1. The summed E-state index contributed by atoms with van der Waals surface area (Å²) in [6.07, 6.45) is 7.19. The molecule has 3 aromatic heterocycles. The van der Waals surface area contributed by atoms with Crippen LogP contribution >= 0.6 is 37.2 Å². The van der Waals surface area contributed by atoms with E-state index in [-0.39, 0.29) is 37.2 Å². The third-order valence-corrected chi connectivity index (χ3v) is 5.25. The summed E-state index contributed by atoms with van der Waals surface area (Å²) in [6.45, 7) is 3.33. The Hall–Kier alpha value is -3.00. The highest BCUT2D eigenvalue weighted by atomic mass is 35.5. The molecule has 0 amide bonds. The zero-order valence-electron chi connectivity index (χ0n) is 17.7. The number of hydrogen-bond donors (Lipinski definition) is 0. The van der Waals surface area contributed by atoms with Gasteiger partial charge >= 0.3 is 0 Å². The van der Waals surface area contributed by atoms with Gasteiger partial charge in [-0.1, -0.05) is 30.3 Å². The number of aromatic nitrogens is 5. The summed E-state index contributed by atoms with van der Waals surface area (Å²) in [5.74, 6) is 1.67. The number of benzene rings is 1. The highest BCUT2D eigenvalue weighted by Gasteiger charge is 2.23. The van der Waals surface area contributed by atoms with Crippen LogP contribution in [0.2, 0.25) is 0 Å². The van der Waals surface area contributed by atoms with Gasteiger partial charge in [-0.25, -0.2) is 9.97 Å². The van der Waals surface area contributed by atoms with E-state index in [0.717, 1.165) is 60.3 Å². The molecule has 1 fully saturated rings. The summed E-state index contributed by atoms with van der Waals surface area (Å²) in [4.78, 5) is 17.4. The van der Waals surface area contributed by atoms with E-state index < -0.39 is 0 Å². The zero-order valence-corrected chi connectivity index (χ0v) is 20.1. The molecule has 10 heteroatoms. The van der Waals surface area contributed by atoms with Crippen LogP contribution in [0, 0.1) is 0 Å². The molecule has 0 aliphatic carbocycles. The van der Waals surface area contributed by atoms with E-state index in [1.165, 1.54) is 0 Å². The lowest BCUT2D eigenvalue weighted by Crippen LogP contribution is -2.47. The highest BCUT2D eigenvalue weighted by molar-refractivity contribution is 5.86. The maximum absolute atomic E-state index is 4.66. The lowest BCUT2D eigenvalue weighted by molar-refractivity contribution is 0.632. The molecule has 0 spiro atoms. The molecule has 0 radical (unpaired) electrons. The SMILES string of the molecule is Cl.Cl.Cl.c1ccc(-c2cc(-c3ccncc3)c(N3CCN(c4ncccn4)CC3)nn2)cc1. The Balaban J connectivity index is 0.00000128. The Kier molecular flexibility index (Phi) is 9.78. The summed E-state index contributed by atoms with van der Waals surface area (Å²) in [7, 11) is 0. The van der Waals surface area contributed by atoms with Crippen molar-refractivity contribution in [2.24, 2.45) is 0 Å². The minimum absolute atomic E-state index is 0. The highest BCUT2D eigenvalue weighted by Crippen LogP contribution is 2.32. The monoisotopic (exact) mass is 503 g/mol. The Morgan fingerprint density at radius 1 is 0.606 bits per heavy atom. The van der Waals surface area contributed by atoms with Crippen molar-refractivity contribution in [1.29, 1.82) is 0 Å². The fourth-order valence-corrected chi connectivity index (χ4v) is 3.69. The molecule has 1 aliphatic heterocycles. The lowest BCUT2D eigenvalue weighted by Gasteiger charge is -2.36. The minimum Gasteiger partial charge on any atom is -0.351 e. The minimum atomic E-state index is 0. The van der Waals surface area contributed by atoms with Gasteiger partial charge in [0.15, 0.2) is 5.82 Å². The van der Waals surface area contributed by atoms with Gasteiger partial charge in [0.05, 0.1) is 5.69 Å². The molecule has 1 aliphatic rings. The Bertz CT molecular complexity index is 1110. The number of nitrogens with zero attached hydrogens (tertiary/aromatic N) is 7. The van der Waals surface area contributed by atoms with E-state index in [2.05, 4.69) is 53.1 Å². The van der Waals surface area contributed by atoms with Gasteiger partial charge in [-0.05, 0) is 29.8 Å². The second-order valence-electron chi connectivity index (χ2n) is 7.09. The van der Waals surface area contributed by atoms with Crippen LogP contribution < -0.4 is 9.80 Å². The fourth-order valence-electron chi connectivity index (χ4n) is 3.69. The van der Waals surface area contributed by atoms with Crippen molar-refractivity contribution in [3.8, 4) is 22.4 Å². The average molecular weight is 505 g/mol. The van der Waals surface area contributed by atoms with Gasteiger partial charge in [0.1, 0.15) is 0 Å². The van der Waals surface area contributed by atoms with E-state index in [1.54, 1.807) is 12.4 Å². The Morgan fingerprint density at radius 2 is 1.24 bits per heavy atom. The first kappa shape index (κ1) is 26.3. The number of anilines is 2. The number of rotatable bonds is 4. The van der Waals surface area contributed by atoms with E-state index in [0.29, 0.717) is 0 Å². The molecular weight excluding hydrogens is 481 g/mol. The number of pyridine rings is 1. The molecule has 33 heavy (non-hydrogen) atoms. The van der Waals surface area contributed by atoms with E-state index in [9.17, 15) is 0 Å². The quantitative estimate of drug-likeness (QED) is 0.402. The third-order valence-electron chi connectivity index (χ3n) is 5.25. The normalized spacial score (nSPS) is 12.7. The van der Waals surface area contributed by atoms with E-state index in [1.807, 2.05) is 48.8 Å². The van der Waals surface area contributed by atoms with Gasteiger partial charge < -0.3 is 9.80 Å². The Morgan fingerprint density at radius 3 is 1.91 bits per heavy atom. The molecule has 172 valence electrons. The summed E-state index contributed by atoms with van der Waals surface area (Å²) in [5, 5.41) is 9.20. The van der Waals surface area contributed by atoms with Crippen LogP contribution in [0.3, 0.4) is 0 Å². The van der Waals surface area contributed by atoms with Crippen LogP contribution in [-0.2, 0) is 0 Å². The number of halogens is 3. The van der Waals surface area contributed by atoms with Crippen molar-refractivity contribution in [2.45, 2.75) is 0 Å². The molecule has 0 bridgehead atoms. The van der Waals surface area contributed by atoms with Gasteiger partial charge in [-0.3, -0.25) is 4.98 Å². The van der Waals surface area contributed by atoms with Crippen molar-refractivity contribution in [2.75, 3.05) is 36.0 Å². The van der Waals surface area contributed by atoms with Crippen molar-refractivity contribution in [3.05, 3.63) is 79.4 Å². The van der Waals surface area contributed by atoms with Gasteiger partial charge in [-0.2, -0.15) is 0 Å². The fraction of sp³-hybridized carbons (Fsp3) is 0.174. The molecule has 0 N–H and O–H groups in total. The van der Waals surface area contributed by atoms with Crippen LogP contribution in [0.1, 0.15) is 0 Å². The van der Waals surface area contributed by atoms with Crippen molar-refractivity contribution < 1.29 is 0 Å². The van der Waals surface area contributed by atoms with Gasteiger partial charge in [0.25, 0.3) is 0 Å². The first-order valence-electron chi connectivity index (χ1n) is 9.99. The van der Waals surface area contributed by atoms with Crippen molar-refractivity contribution in [3.63, 3.8) is 0 Å². The Labute approximate surface area is 211 Å². The van der Waals surface area contributed by atoms with E-state index >= 15 is 0 Å². The molecule has 1 saturated heterocycles. The number of hydrogen-bond acceptors (Lipinski definition) is 7. The van der Waals surface area contributed by atoms with Crippen LogP contribution in [-0.4, -0.2) is 51.3 Å². The smallest absolute Gasteiger partial charge is 0.225 e. The van der Waals surface area contributed by atoms with Crippen LogP contribution in [0.4, 0.5) is 11.8 Å². The summed E-state index contributed by atoms with van der Waals surface area (Å²) in [5.41, 5.74) is 4.07. The second kappa shape index (κ2) is 12.3. The van der Waals surface area contributed by atoms with Crippen molar-refractivity contribution in [1.82, 2.24) is 25.1 Å². The van der Waals surface area contributed by atoms with Crippen molar-refractivity contribution >= 4 is 49.0 Å². The lowest BCUT2D eigenvalue weighted by atomic mass is 10.0. The maximum Gasteiger partial charge on any atom is 0.225 e. The molecule has 0 unspecified atom stereocenters. The molecular formula is C23H24Cl3N7. The van der Waals surface area contributed by atoms with Crippen LogP contribution in [0.15, 0.2) is 79.4 Å². The second-order valence-corrected chi connectivity index (χ2v) is 7.09. The first-order chi connectivity index (χ1) is 14.9.